The number of methoxy groups -OCH3 is 1. The Bertz CT molecular complexity index is 1610. The number of hydrogen-bond donors (Lipinski definition) is 1. The standard InChI is InChI=1S/C29H25N3O3S/c1-19(2)21-15-13-20(14-16-21)17-26-28(34)32(22-9-5-4-6-10-22)29(36-26)23(18-30)27(33)31-24-11-7-8-12-25(24)35-3/h4-17,19H,1-3H3,(H,31,33)/b26-17+,29-23+. The molecule has 0 saturated carbocycles. The van der Waals surface area contributed by atoms with Gasteiger partial charge in [0.15, 0.2) is 5.57 Å². The van der Waals surface area contributed by atoms with Gasteiger partial charge in [-0.25, -0.2) is 0 Å². The van der Waals surface area contributed by atoms with E-state index in [4.69, 9.17) is 4.74 Å². The van der Waals surface area contributed by atoms with Gasteiger partial charge in [-0.15, -0.1) is 11.3 Å². The summed E-state index contributed by atoms with van der Waals surface area (Å²) in [5, 5.41) is 12.7. The van der Waals surface area contributed by atoms with Crippen LogP contribution >= 0.6 is 11.3 Å². The average Bonchev–Trinajstić information content (AvgIpc) is 3.20. The molecule has 6 nitrogen and oxygen atoms in total. The fourth-order valence-electron chi connectivity index (χ4n) is 3.72. The molecule has 0 spiro atoms. The van der Waals surface area contributed by atoms with E-state index in [1.165, 1.54) is 17.2 Å². The Morgan fingerprint density at radius 1 is 1.03 bits per heavy atom. The van der Waals surface area contributed by atoms with Crippen LogP contribution in [-0.4, -0.2) is 17.6 Å². The molecule has 36 heavy (non-hydrogen) atoms. The maximum atomic E-state index is 13.5. The van der Waals surface area contributed by atoms with Crippen LogP contribution < -0.4 is 24.8 Å². The van der Waals surface area contributed by atoms with Gasteiger partial charge in [0.05, 0.1) is 23.0 Å². The van der Waals surface area contributed by atoms with E-state index in [0.29, 0.717) is 27.6 Å². The molecule has 0 aliphatic heterocycles. The summed E-state index contributed by atoms with van der Waals surface area (Å²) in [7, 11) is 1.50. The van der Waals surface area contributed by atoms with E-state index < -0.39 is 5.91 Å². The molecule has 0 aliphatic rings. The van der Waals surface area contributed by atoms with Crippen LogP contribution in [0.15, 0.2) is 83.7 Å². The summed E-state index contributed by atoms with van der Waals surface area (Å²) in [5.41, 5.74) is 2.60. The first-order valence-electron chi connectivity index (χ1n) is 11.4. The molecule has 0 fully saturated rings. The minimum atomic E-state index is -0.624. The zero-order chi connectivity index (χ0) is 25.7. The number of thiazole rings is 1. The second kappa shape index (κ2) is 10.9. The van der Waals surface area contributed by atoms with Gasteiger partial charge in [0.1, 0.15) is 16.5 Å². The molecule has 0 bridgehead atoms. The van der Waals surface area contributed by atoms with Crippen LogP contribution in [0.4, 0.5) is 5.69 Å². The zero-order valence-electron chi connectivity index (χ0n) is 20.2. The monoisotopic (exact) mass is 495 g/mol. The molecule has 4 rings (SSSR count). The van der Waals surface area contributed by atoms with E-state index >= 15 is 0 Å². The Balaban J connectivity index is 1.91. The number of anilines is 1. The Hall–Kier alpha value is -4.41. The number of nitrogens with zero attached hydrogens (tertiary/aromatic N) is 2. The first-order valence-corrected chi connectivity index (χ1v) is 12.2. The number of benzene rings is 3. The number of hydrogen-bond acceptors (Lipinski definition) is 5. The van der Waals surface area contributed by atoms with E-state index in [9.17, 15) is 14.9 Å². The van der Waals surface area contributed by atoms with Crippen LogP contribution in [0.1, 0.15) is 30.9 Å². The number of aromatic nitrogens is 1. The molecule has 0 atom stereocenters. The predicted octanol–water partition coefficient (Wildman–Crippen LogP) is 4.17. The number of rotatable bonds is 6. The predicted molar refractivity (Wildman–Crippen MR) is 144 cm³/mol. The molecule has 1 N–H and O–H groups in total. The fourth-order valence-corrected chi connectivity index (χ4v) is 4.82. The lowest BCUT2D eigenvalue weighted by Crippen LogP contribution is -2.32. The van der Waals surface area contributed by atoms with Crippen molar-refractivity contribution < 1.29 is 9.53 Å². The number of amides is 1. The Labute approximate surface area is 213 Å². The smallest absolute Gasteiger partial charge is 0.273 e. The number of nitrogens with one attached hydrogen (secondary N) is 1. The zero-order valence-corrected chi connectivity index (χ0v) is 21.0. The second-order valence-electron chi connectivity index (χ2n) is 8.35. The minimum Gasteiger partial charge on any atom is -0.495 e. The second-order valence-corrected chi connectivity index (χ2v) is 9.39. The van der Waals surface area contributed by atoms with Crippen molar-refractivity contribution in [1.29, 1.82) is 5.26 Å². The van der Waals surface area contributed by atoms with E-state index in [2.05, 4.69) is 19.2 Å². The Kier molecular flexibility index (Phi) is 7.47. The highest BCUT2D eigenvalue weighted by Gasteiger charge is 2.18. The topological polar surface area (TPSA) is 84.1 Å². The van der Waals surface area contributed by atoms with Crippen molar-refractivity contribution in [2.45, 2.75) is 19.8 Å². The number of carbonyl (C=O) groups is 1. The molecular formula is C29H25N3O3S. The quantitative estimate of drug-likeness (QED) is 0.435. The number of nitriles is 1. The normalized spacial score (nSPS) is 12.2. The third-order valence-corrected chi connectivity index (χ3v) is 6.74. The maximum Gasteiger partial charge on any atom is 0.273 e. The van der Waals surface area contributed by atoms with Gasteiger partial charge >= 0.3 is 0 Å². The maximum absolute atomic E-state index is 13.5. The first kappa shape index (κ1) is 24.7. The van der Waals surface area contributed by atoms with Crippen molar-refractivity contribution in [1.82, 2.24) is 4.57 Å². The van der Waals surface area contributed by atoms with E-state index in [-0.39, 0.29) is 15.8 Å². The first-order chi connectivity index (χ1) is 17.4. The van der Waals surface area contributed by atoms with Crippen molar-refractivity contribution >= 4 is 34.6 Å². The van der Waals surface area contributed by atoms with Crippen molar-refractivity contribution in [2.75, 3.05) is 12.4 Å². The molecular weight excluding hydrogens is 470 g/mol. The van der Waals surface area contributed by atoms with Gasteiger partial charge in [0, 0.05) is 0 Å². The molecule has 180 valence electrons. The summed E-state index contributed by atoms with van der Waals surface area (Å²) < 4.78 is 7.40. The molecule has 0 unspecified atom stereocenters. The van der Waals surface area contributed by atoms with Crippen molar-refractivity contribution in [2.24, 2.45) is 0 Å². The lowest BCUT2D eigenvalue weighted by Gasteiger charge is -2.09. The summed E-state index contributed by atoms with van der Waals surface area (Å²) in [5.74, 6) is 0.242. The van der Waals surface area contributed by atoms with Gasteiger partial charge in [-0.3, -0.25) is 14.2 Å². The third kappa shape index (κ3) is 5.14. The van der Waals surface area contributed by atoms with E-state index in [0.717, 1.165) is 16.9 Å². The van der Waals surface area contributed by atoms with Gasteiger partial charge in [-0.2, -0.15) is 5.26 Å². The lowest BCUT2D eigenvalue weighted by molar-refractivity contribution is -0.111. The van der Waals surface area contributed by atoms with Crippen LogP contribution in [0.5, 0.6) is 5.75 Å². The number of para-hydroxylation sites is 3. The molecule has 1 aromatic heterocycles. The summed E-state index contributed by atoms with van der Waals surface area (Å²) in [4.78, 5) is 26.8. The summed E-state index contributed by atoms with van der Waals surface area (Å²) in [6.45, 7) is 4.25. The largest absolute Gasteiger partial charge is 0.495 e. The van der Waals surface area contributed by atoms with Gasteiger partial charge in [0.2, 0.25) is 0 Å². The highest BCUT2D eigenvalue weighted by atomic mass is 32.1. The third-order valence-electron chi connectivity index (χ3n) is 5.65. The van der Waals surface area contributed by atoms with Crippen molar-refractivity contribution in [3.05, 3.63) is 110 Å². The summed E-state index contributed by atoms with van der Waals surface area (Å²) in [6, 6.07) is 25.9. The van der Waals surface area contributed by atoms with Crippen LogP contribution in [0.2, 0.25) is 0 Å². The molecule has 0 aliphatic carbocycles. The Morgan fingerprint density at radius 3 is 2.33 bits per heavy atom. The highest BCUT2D eigenvalue weighted by molar-refractivity contribution is 7.07. The van der Waals surface area contributed by atoms with Gasteiger partial charge in [0.25, 0.3) is 11.5 Å². The van der Waals surface area contributed by atoms with Crippen LogP contribution in [-0.2, 0) is 4.79 Å². The van der Waals surface area contributed by atoms with Gasteiger partial charge in [-0.1, -0.05) is 68.4 Å². The van der Waals surface area contributed by atoms with Gasteiger partial charge < -0.3 is 10.1 Å². The molecule has 4 aromatic rings. The molecule has 1 amide bonds. The molecule has 0 radical (unpaired) electrons. The molecule has 0 saturated heterocycles. The highest BCUT2D eigenvalue weighted by Crippen LogP contribution is 2.23. The van der Waals surface area contributed by atoms with E-state index in [1.54, 1.807) is 54.6 Å². The molecule has 3 aromatic carbocycles. The Morgan fingerprint density at radius 2 is 1.69 bits per heavy atom. The van der Waals surface area contributed by atoms with E-state index in [1.807, 2.05) is 36.4 Å². The molecule has 7 heteroatoms. The molecule has 1 heterocycles. The summed E-state index contributed by atoms with van der Waals surface area (Å²) in [6.07, 6.45) is 1.78. The lowest BCUT2D eigenvalue weighted by atomic mass is 10.0. The van der Waals surface area contributed by atoms with Crippen molar-refractivity contribution in [3.63, 3.8) is 0 Å². The SMILES string of the molecule is COc1ccccc1NC(=O)/C(C#N)=c1/s/c(=C/c2ccc(C(C)C)cc2)c(=O)n1-c1ccccc1. The summed E-state index contributed by atoms with van der Waals surface area (Å²) >= 11 is 1.11. The van der Waals surface area contributed by atoms with Crippen LogP contribution in [0.25, 0.3) is 17.3 Å². The van der Waals surface area contributed by atoms with Crippen LogP contribution in [0, 0.1) is 11.3 Å². The van der Waals surface area contributed by atoms with Gasteiger partial charge in [-0.05, 0) is 47.4 Å². The number of ether oxygens (including phenoxy) is 1. The number of carbonyl (C=O) groups excluding carboxylic acids is 1. The minimum absolute atomic E-state index is 0.165. The fraction of sp³-hybridized carbons (Fsp3) is 0.138. The van der Waals surface area contributed by atoms with Crippen LogP contribution in [0.3, 0.4) is 0 Å². The average molecular weight is 496 g/mol. The van der Waals surface area contributed by atoms with Crippen molar-refractivity contribution in [3.8, 4) is 17.5 Å².